The first kappa shape index (κ1) is 30.1. The van der Waals surface area contributed by atoms with E-state index in [-0.39, 0.29) is 12.5 Å². The van der Waals surface area contributed by atoms with Crippen LogP contribution in [0.3, 0.4) is 0 Å². The van der Waals surface area contributed by atoms with Crippen molar-refractivity contribution in [3.05, 3.63) is 72.4 Å². The molecule has 43 heavy (non-hydrogen) atoms. The number of hydrogen-bond donors (Lipinski definition) is 4. The second-order valence-electron chi connectivity index (χ2n) is 10.5. The third-order valence-corrected chi connectivity index (χ3v) is 7.54. The van der Waals surface area contributed by atoms with Gasteiger partial charge in [0.2, 0.25) is 5.91 Å². The molecule has 0 aliphatic heterocycles. The summed E-state index contributed by atoms with van der Waals surface area (Å²) in [6.07, 6.45) is 1.93. The van der Waals surface area contributed by atoms with Crippen LogP contribution < -0.4 is 5.32 Å². The zero-order valence-corrected chi connectivity index (χ0v) is 25.6. The number of methoxy groups -OCH3 is 1. The highest BCUT2D eigenvalue weighted by Crippen LogP contribution is 2.30. The van der Waals surface area contributed by atoms with Crippen molar-refractivity contribution in [2.45, 2.75) is 26.4 Å². The molecule has 11 heteroatoms. The molecule has 0 saturated carbocycles. The number of carbonyl (C=O) groups excluding carboxylic acids is 2. The summed E-state index contributed by atoms with van der Waals surface area (Å²) < 4.78 is 4.55. The summed E-state index contributed by atoms with van der Waals surface area (Å²) in [5, 5.41) is 4.74. The quantitative estimate of drug-likeness (QED) is 0.146. The Hall–Kier alpha value is -4.35. The van der Waals surface area contributed by atoms with E-state index in [0.29, 0.717) is 18.9 Å². The Morgan fingerprint density at radius 3 is 2.47 bits per heavy atom. The molecular weight excluding hydrogens is 562 g/mol. The zero-order chi connectivity index (χ0) is 30.3. The van der Waals surface area contributed by atoms with Crippen LogP contribution in [0.25, 0.3) is 44.2 Å². The predicted molar refractivity (Wildman–Crippen MR) is 173 cm³/mol. The van der Waals surface area contributed by atoms with Crippen molar-refractivity contribution in [1.29, 1.82) is 0 Å². The van der Waals surface area contributed by atoms with Gasteiger partial charge in [-0.15, -0.1) is 0 Å². The lowest BCUT2D eigenvalue weighted by molar-refractivity contribution is -0.130. The molecule has 10 nitrogen and oxygen atoms in total. The Labute approximate surface area is 256 Å². The van der Waals surface area contributed by atoms with Gasteiger partial charge in [-0.05, 0) is 47.7 Å². The maximum absolute atomic E-state index is 12.6. The van der Waals surface area contributed by atoms with E-state index < -0.39 is 6.09 Å². The van der Waals surface area contributed by atoms with Crippen LogP contribution in [0.2, 0.25) is 0 Å². The van der Waals surface area contributed by atoms with Crippen molar-refractivity contribution < 1.29 is 14.3 Å². The van der Waals surface area contributed by atoms with E-state index >= 15 is 0 Å². The highest BCUT2D eigenvalue weighted by molar-refractivity contribution is 7.80. The second kappa shape index (κ2) is 13.7. The number of aromatic amines is 2. The molecule has 0 atom stereocenters. The molecule has 5 rings (SSSR count). The molecule has 0 saturated heterocycles. The zero-order valence-electron chi connectivity index (χ0n) is 24.7. The average molecular weight is 600 g/mol. The van der Waals surface area contributed by atoms with Gasteiger partial charge in [0.25, 0.3) is 0 Å². The Morgan fingerprint density at radius 1 is 0.953 bits per heavy atom. The van der Waals surface area contributed by atoms with Crippen molar-refractivity contribution in [3.63, 3.8) is 0 Å². The molecule has 0 aliphatic rings. The molecule has 3 aromatic carbocycles. The Bertz CT molecular complexity index is 1710. The Kier molecular flexibility index (Phi) is 9.63. The number of nitrogens with one attached hydrogen (secondary N) is 3. The number of ether oxygens (including phenoxy) is 1. The third-order valence-electron chi connectivity index (χ3n) is 7.34. The summed E-state index contributed by atoms with van der Waals surface area (Å²) in [5.74, 6) is 2.24. The summed E-state index contributed by atoms with van der Waals surface area (Å²) in [6, 6.07) is 19.1. The first-order chi connectivity index (χ1) is 20.9. The van der Waals surface area contributed by atoms with Gasteiger partial charge in [-0.3, -0.25) is 9.69 Å². The Morgan fingerprint density at radius 2 is 1.72 bits per heavy atom. The minimum atomic E-state index is -0.634. The minimum Gasteiger partial charge on any atom is -0.453 e. The molecule has 2 aromatic heterocycles. The summed E-state index contributed by atoms with van der Waals surface area (Å²) >= 11 is 4.32. The standard InChI is InChI=1S/C32H37N7O3S/c1-4-13-39(30(40)18-34-32(41)42-3)20-28-33-17-27(36-28)22-7-5-21(6-8-22)23-9-11-25-24(16-23)10-12-26-31(25)37-29(35-26)19-38(2)14-15-43/h5-12,16-17,43H,4,13-15,18-20H2,1-3H3,(H,33,36)(H,34,41)(H,35,37). The minimum absolute atomic E-state index is 0.126. The average Bonchev–Trinajstić information content (AvgIpc) is 3.66. The SMILES string of the molecule is CCCN(Cc1ncc(-c2ccc(-c3ccc4c(ccc5nc(CN(C)CCS)[nH]c54)c3)cc2)[nH]1)C(=O)CNC(=O)OC. The number of benzene rings is 3. The van der Waals surface area contributed by atoms with Gasteiger partial charge in [-0.2, -0.15) is 12.6 Å². The van der Waals surface area contributed by atoms with Crippen LogP contribution in [-0.4, -0.2) is 81.3 Å². The number of aromatic nitrogens is 4. The number of carbonyl (C=O) groups is 2. The number of alkyl carbamates (subject to hydrolysis) is 1. The van der Waals surface area contributed by atoms with Gasteiger partial charge in [0.15, 0.2) is 0 Å². The number of H-pyrrole nitrogens is 2. The van der Waals surface area contributed by atoms with Crippen LogP contribution in [0.1, 0.15) is 25.0 Å². The van der Waals surface area contributed by atoms with Crippen LogP contribution in [0.15, 0.2) is 60.8 Å². The van der Waals surface area contributed by atoms with Gasteiger partial charge in [-0.1, -0.05) is 49.4 Å². The highest BCUT2D eigenvalue weighted by Gasteiger charge is 2.16. The van der Waals surface area contributed by atoms with Crippen LogP contribution in [0.4, 0.5) is 4.79 Å². The monoisotopic (exact) mass is 599 g/mol. The fourth-order valence-corrected chi connectivity index (χ4v) is 5.47. The predicted octanol–water partition coefficient (Wildman–Crippen LogP) is 5.23. The normalized spacial score (nSPS) is 11.4. The summed E-state index contributed by atoms with van der Waals surface area (Å²) in [6.45, 7) is 4.40. The summed E-state index contributed by atoms with van der Waals surface area (Å²) in [7, 11) is 3.34. The van der Waals surface area contributed by atoms with Crippen molar-refractivity contribution in [3.8, 4) is 22.4 Å². The number of rotatable bonds is 12. The first-order valence-electron chi connectivity index (χ1n) is 14.3. The molecule has 0 spiro atoms. The smallest absolute Gasteiger partial charge is 0.407 e. The van der Waals surface area contributed by atoms with E-state index in [0.717, 1.165) is 75.3 Å². The number of nitrogens with zero attached hydrogens (tertiary/aromatic N) is 4. The van der Waals surface area contributed by atoms with E-state index in [9.17, 15) is 9.59 Å². The van der Waals surface area contributed by atoms with E-state index in [2.05, 4.69) is 104 Å². The topological polar surface area (TPSA) is 119 Å². The number of imidazole rings is 2. The van der Waals surface area contributed by atoms with Gasteiger partial charge in [0.05, 0.1) is 43.1 Å². The molecular formula is C32H37N7O3S. The maximum atomic E-state index is 12.6. The van der Waals surface area contributed by atoms with E-state index in [1.165, 1.54) is 7.11 Å². The lowest BCUT2D eigenvalue weighted by Crippen LogP contribution is -2.40. The van der Waals surface area contributed by atoms with Gasteiger partial charge in [-0.25, -0.2) is 14.8 Å². The molecule has 2 amide bonds. The number of hydrogen-bond acceptors (Lipinski definition) is 7. The molecule has 0 radical (unpaired) electrons. The molecule has 0 fully saturated rings. The van der Waals surface area contributed by atoms with Crippen molar-refractivity contribution in [1.82, 2.24) is 35.1 Å². The van der Waals surface area contributed by atoms with Crippen molar-refractivity contribution in [2.24, 2.45) is 0 Å². The molecule has 5 aromatic rings. The number of amides is 2. The van der Waals surface area contributed by atoms with E-state index in [4.69, 9.17) is 4.98 Å². The van der Waals surface area contributed by atoms with Crippen molar-refractivity contribution >= 4 is 46.4 Å². The highest BCUT2D eigenvalue weighted by atomic mass is 32.1. The fraction of sp³-hybridized carbons (Fsp3) is 0.312. The lowest BCUT2D eigenvalue weighted by Gasteiger charge is -2.21. The molecule has 0 bridgehead atoms. The van der Waals surface area contributed by atoms with E-state index in [1.807, 2.05) is 6.92 Å². The lowest BCUT2D eigenvalue weighted by atomic mass is 9.99. The molecule has 0 aliphatic carbocycles. The van der Waals surface area contributed by atoms with E-state index in [1.54, 1.807) is 11.1 Å². The molecule has 224 valence electrons. The van der Waals surface area contributed by atoms with Gasteiger partial charge in [0, 0.05) is 24.2 Å². The summed E-state index contributed by atoms with van der Waals surface area (Å²) in [5.41, 5.74) is 6.14. The Balaban J connectivity index is 1.29. The second-order valence-corrected chi connectivity index (χ2v) is 11.0. The number of fused-ring (bicyclic) bond motifs is 3. The van der Waals surface area contributed by atoms with Gasteiger partial charge in [0.1, 0.15) is 18.2 Å². The molecule has 2 heterocycles. The first-order valence-corrected chi connectivity index (χ1v) is 15.0. The fourth-order valence-electron chi connectivity index (χ4n) is 5.13. The third kappa shape index (κ3) is 7.18. The van der Waals surface area contributed by atoms with Crippen molar-refractivity contribution in [2.75, 3.05) is 39.5 Å². The van der Waals surface area contributed by atoms with Gasteiger partial charge >= 0.3 is 6.09 Å². The van der Waals surface area contributed by atoms with Crippen LogP contribution in [-0.2, 0) is 22.6 Å². The van der Waals surface area contributed by atoms with Crippen LogP contribution in [0.5, 0.6) is 0 Å². The molecule has 3 N–H and O–H groups in total. The number of thiol groups is 1. The van der Waals surface area contributed by atoms with Crippen LogP contribution in [0, 0.1) is 0 Å². The molecule has 0 unspecified atom stereocenters. The largest absolute Gasteiger partial charge is 0.453 e. The van der Waals surface area contributed by atoms with Crippen LogP contribution >= 0.6 is 12.6 Å². The summed E-state index contributed by atoms with van der Waals surface area (Å²) in [4.78, 5) is 44.0. The van der Waals surface area contributed by atoms with Gasteiger partial charge < -0.3 is 24.9 Å². The maximum Gasteiger partial charge on any atom is 0.407 e.